The molecule has 1 aliphatic heterocycles. The van der Waals surface area contributed by atoms with Crippen molar-refractivity contribution in [2.75, 3.05) is 26.7 Å². The quantitative estimate of drug-likeness (QED) is 0.850. The molecule has 140 valence electrons. The average molecular weight is 390 g/mol. The summed E-state index contributed by atoms with van der Waals surface area (Å²) < 4.78 is 10.9. The van der Waals surface area contributed by atoms with Crippen molar-refractivity contribution in [3.05, 3.63) is 29.9 Å². The van der Waals surface area contributed by atoms with E-state index in [9.17, 15) is 4.79 Å². The molecule has 0 aliphatic carbocycles. The summed E-state index contributed by atoms with van der Waals surface area (Å²) in [6.45, 7) is 4.44. The van der Waals surface area contributed by atoms with E-state index in [1.807, 2.05) is 18.9 Å². The minimum atomic E-state index is 0. The van der Waals surface area contributed by atoms with E-state index in [1.165, 1.54) is 6.42 Å². The Morgan fingerprint density at radius 3 is 2.92 bits per heavy atom. The van der Waals surface area contributed by atoms with Crippen molar-refractivity contribution in [1.82, 2.24) is 15.2 Å². The fourth-order valence-electron chi connectivity index (χ4n) is 3.10. The zero-order valence-corrected chi connectivity index (χ0v) is 16.1. The van der Waals surface area contributed by atoms with E-state index in [-0.39, 0.29) is 37.1 Å². The Labute approximate surface area is 160 Å². The van der Waals surface area contributed by atoms with Crippen molar-refractivity contribution in [2.45, 2.75) is 26.2 Å². The third-order valence-corrected chi connectivity index (χ3v) is 4.31. The summed E-state index contributed by atoms with van der Waals surface area (Å²) in [7, 11) is 1.95. The van der Waals surface area contributed by atoms with Gasteiger partial charge >= 0.3 is 0 Å². The van der Waals surface area contributed by atoms with Crippen LogP contribution in [-0.4, -0.2) is 42.5 Å². The summed E-state index contributed by atoms with van der Waals surface area (Å²) in [6, 6.07) is 3.58. The van der Waals surface area contributed by atoms with Crippen LogP contribution in [0, 0.1) is 12.8 Å². The van der Waals surface area contributed by atoms with Gasteiger partial charge in [0.2, 0.25) is 5.91 Å². The number of aromatic nitrogens is 1. The van der Waals surface area contributed by atoms with Gasteiger partial charge in [0.1, 0.15) is 5.76 Å². The number of amides is 1. The number of furan rings is 1. The number of nitrogens with one attached hydrogen (secondary N) is 1. The van der Waals surface area contributed by atoms with Gasteiger partial charge in [0.15, 0.2) is 5.76 Å². The van der Waals surface area contributed by atoms with Gasteiger partial charge in [-0.15, -0.1) is 24.8 Å². The van der Waals surface area contributed by atoms with E-state index in [2.05, 4.69) is 10.3 Å². The van der Waals surface area contributed by atoms with Crippen LogP contribution < -0.4 is 5.32 Å². The van der Waals surface area contributed by atoms with Crippen molar-refractivity contribution in [2.24, 2.45) is 5.92 Å². The van der Waals surface area contributed by atoms with Gasteiger partial charge in [-0.3, -0.25) is 4.79 Å². The number of oxazole rings is 1. The largest absolute Gasteiger partial charge is 0.459 e. The lowest BCUT2D eigenvalue weighted by molar-refractivity contribution is -0.132. The normalized spacial score (nSPS) is 16.9. The first kappa shape index (κ1) is 21.5. The molecule has 1 atom stereocenters. The number of hydrogen-bond donors (Lipinski definition) is 1. The first-order chi connectivity index (χ1) is 11.2. The van der Waals surface area contributed by atoms with Gasteiger partial charge in [-0.05, 0) is 51.4 Å². The van der Waals surface area contributed by atoms with E-state index < -0.39 is 0 Å². The Morgan fingerprint density at radius 1 is 1.44 bits per heavy atom. The van der Waals surface area contributed by atoms with E-state index in [0.717, 1.165) is 26.1 Å². The van der Waals surface area contributed by atoms with Crippen molar-refractivity contribution < 1.29 is 13.6 Å². The molecular weight excluding hydrogens is 365 g/mol. The number of aryl methyl sites for hydroxylation is 1. The topological polar surface area (TPSA) is 71.5 Å². The number of halogens is 2. The van der Waals surface area contributed by atoms with Crippen LogP contribution in [0.25, 0.3) is 11.7 Å². The van der Waals surface area contributed by atoms with Gasteiger partial charge in [-0.2, -0.15) is 0 Å². The maximum absolute atomic E-state index is 12.6. The van der Waals surface area contributed by atoms with Gasteiger partial charge in [0, 0.05) is 13.1 Å². The minimum Gasteiger partial charge on any atom is -0.459 e. The summed E-state index contributed by atoms with van der Waals surface area (Å²) in [4.78, 5) is 18.9. The molecule has 0 spiro atoms. The Bertz CT molecular complexity index is 656. The molecule has 0 saturated carbocycles. The molecule has 1 fully saturated rings. The van der Waals surface area contributed by atoms with Crippen LogP contribution in [0.15, 0.2) is 27.2 Å². The predicted octanol–water partition coefficient (Wildman–Crippen LogP) is 3.09. The molecule has 8 heteroatoms. The van der Waals surface area contributed by atoms with Gasteiger partial charge in [-0.25, -0.2) is 4.98 Å². The lowest BCUT2D eigenvalue weighted by Crippen LogP contribution is -2.43. The Kier molecular flexibility index (Phi) is 8.48. The highest BCUT2D eigenvalue weighted by Gasteiger charge is 2.25. The molecule has 1 saturated heterocycles. The lowest BCUT2D eigenvalue weighted by Gasteiger charge is -2.32. The van der Waals surface area contributed by atoms with Crippen molar-refractivity contribution in [3.8, 4) is 11.7 Å². The van der Waals surface area contributed by atoms with E-state index in [4.69, 9.17) is 8.83 Å². The molecule has 2 aromatic heterocycles. The fourth-order valence-corrected chi connectivity index (χ4v) is 3.10. The second kappa shape index (κ2) is 9.85. The van der Waals surface area contributed by atoms with Crippen molar-refractivity contribution in [3.63, 3.8) is 0 Å². The second-order valence-corrected chi connectivity index (χ2v) is 6.08. The average Bonchev–Trinajstić information content (AvgIpc) is 3.18. The van der Waals surface area contributed by atoms with Gasteiger partial charge in [0.25, 0.3) is 5.89 Å². The highest BCUT2D eigenvalue weighted by atomic mass is 35.5. The van der Waals surface area contributed by atoms with Crippen LogP contribution in [-0.2, 0) is 11.2 Å². The summed E-state index contributed by atoms with van der Waals surface area (Å²) in [6.07, 6.45) is 4.10. The number of carbonyl (C=O) groups excluding carboxylic acids is 1. The molecular formula is C17H25Cl2N3O3. The van der Waals surface area contributed by atoms with Gasteiger partial charge < -0.3 is 19.1 Å². The second-order valence-electron chi connectivity index (χ2n) is 6.08. The van der Waals surface area contributed by atoms with E-state index in [1.54, 1.807) is 18.4 Å². The molecule has 0 aromatic carbocycles. The van der Waals surface area contributed by atoms with Crippen LogP contribution in [0.1, 0.15) is 24.3 Å². The molecule has 6 nitrogen and oxygen atoms in total. The van der Waals surface area contributed by atoms with Gasteiger partial charge in [-0.1, -0.05) is 0 Å². The van der Waals surface area contributed by atoms with Gasteiger partial charge in [0.05, 0.1) is 18.4 Å². The monoisotopic (exact) mass is 389 g/mol. The third kappa shape index (κ3) is 5.23. The summed E-state index contributed by atoms with van der Waals surface area (Å²) in [5, 5.41) is 3.20. The number of nitrogens with zero attached hydrogens (tertiary/aromatic N) is 2. The first-order valence-electron chi connectivity index (χ1n) is 8.10. The maximum Gasteiger partial charge on any atom is 0.263 e. The van der Waals surface area contributed by atoms with Crippen LogP contribution in [0.3, 0.4) is 0 Å². The predicted molar refractivity (Wildman–Crippen MR) is 100 cm³/mol. The number of hydrogen-bond acceptors (Lipinski definition) is 5. The zero-order valence-electron chi connectivity index (χ0n) is 14.5. The molecule has 3 rings (SSSR count). The SMILES string of the molecule is CNCC1CCCN(C(=O)Cc2nc(-c3ccco3)oc2C)C1.Cl.Cl. The van der Waals surface area contributed by atoms with Crippen LogP contribution >= 0.6 is 24.8 Å². The lowest BCUT2D eigenvalue weighted by atomic mass is 9.97. The Balaban J connectivity index is 0.00000156. The molecule has 1 aliphatic rings. The van der Waals surface area contributed by atoms with E-state index in [0.29, 0.717) is 29.0 Å². The summed E-state index contributed by atoms with van der Waals surface area (Å²) in [5.74, 6) is 2.34. The van der Waals surface area contributed by atoms with Crippen molar-refractivity contribution >= 4 is 30.7 Å². The smallest absolute Gasteiger partial charge is 0.263 e. The number of piperidine rings is 1. The number of rotatable bonds is 5. The molecule has 1 unspecified atom stereocenters. The van der Waals surface area contributed by atoms with E-state index >= 15 is 0 Å². The fraction of sp³-hybridized carbons (Fsp3) is 0.529. The zero-order chi connectivity index (χ0) is 16.2. The Morgan fingerprint density at radius 2 is 2.24 bits per heavy atom. The molecule has 0 radical (unpaired) electrons. The summed E-state index contributed by atoms with van der Waals surface area (Å²) >= 11 is 0. The minimum absolute atomic E-state index is 0. The van der Waals surface area contributed by atoms with Crippen LogP contribution in [0.5, 0.6) is 0 Å². The maximum atomic E-state index is 12.6. The summed E-state index contributed by atoms with van der Waals surface area (Å²) in [5.41, 5.74) is 0.692. The number of carbonyl (C=O) groups is 1. The third-order valence-electron chi connectivity index (χ3n) is 4.31. The molecule has 2 aromatic rings. The van der Waals surface area contributed by atoms with Crippen molar-refractivity contribution in [1.29, 1.82) is 0 Å². The molecule has 1 amide bonds. The molecule has 25 heavy (non-hydrogen) atoms. The van der Waals surface area contributed by atoms with Crippen LogP contribution in [0.4, 0.5) is 0 Å². The molecule has 0 bridgehead atoms. The standard InChI is InChI=1S/C17H23N3O3.2ClH/c1-12-14(19-17(23-12)15-6-4-8-22-15)9-16(21)20-7-3-5-13(11-20)10-18-2;;/h4,6,8,13,18H,3,5,7,9-11H2,1-2H3;2*1H. The first-order valence-corrected chi connectivity index (χ1v) is 8.10. The number of likely N-dealkylation sites (tertiary alicyclic amines) is 1. The highest BCUT2D eigenvalue weighted by molar-refractivity contribution is 5.85. The molecule has 3 heterocycles. The Hall–Kier alpha value is -1.50. The molecule has 1 N–H and O–H groups in total. The highest BCUT2D eigenvalue weighted by Crippen LogP contribution is 2.23. The van der Waals surface area contributed by atoms with Crippen LogP contribution in [0.2, 0.25) is 0 Å².